The van der Waals surface area contributed by atoms with Gasteiger partial charge in [-0.25, -0.2) is 0 Å². The van der Waals surface area contributed by atoms with Gasteiger partial charge in [0.2, 0.25) is 0 Å². The lowest BCUT2D eigenvalue weighted by molar-refractivity contribution is 0.0992. The maximum absolute atomic E-state index is 13.3. The average molecular weight is 450 g/mol. The molecule has 1 N–H and O–H groups in total. The Labute approximate surface area is 201 Å². The summed E-state index contributed by atoms with van der Waals surface area (Å²) in [5, 5.41) is 0. The zero-order valence-corrected chi connectivity index (χ0v) is 19.9. The fraction of sp³-hybridized carbons (Fsp3) is 0.226. The number of aromatic nitrogens is 1. The zero-order chi connectivity index (χ0) is 23.9. The maximum atomic E-state index is 13.3. The second-order valence-electron chi connectivity index (χ2n) is 8.89. The van der Waals surface area contributed by atoms with Crippen molar-refractivity contribution in [3.63, 3.8) is 0 Å². The monoisotopic (exact) mass is 449 g/mol. The van der Waals surface area contributed by atoms with E-state index in [4.69, 9.17) is 0 Å². The second kappa shape index (κ2) is 10.9. The van der Waals surface area contributed by atoms with Crippen molar-refractivity contribution in [2.24, 2.45) is 0 Å². The normalized spacial score (nSPS) is 10.9. The molecule has 1 aromatic heterocycles. The van der Waals surface area contributed by atoms with E-state index in [1.807, 2.05) is 55.5 Å². The topological polar surface area (TPSA) is 49.9 Å². The van der Waals surface area contributed by atoms with E-state index in [-0.39, 0.29) is 17.8 Å². The quantitative estimate of drug-likeness (QED) is 0.217. The molecule has 0 spiro atoms. The van der Waals surface area contributed by atoms with Gasteiger partial charge in [-0.2, -0.15) is 0 Å². The SMILES string of the molecule is CCCCCc1ccc(-c2cc(-c3ccc(C)cc3)c(CC(=O)c3ccccc3)c(=O)[nH]2)cc1. The Bertz CT molecular complexity index is 1300. The van der Waals surface area contributed by atoms with Crippen LogP contribution in [0.1, 0.15) is 53.2 Å². The van der Waals surface area contributed by atoms with Crippen LogP contribution in [0.4, 0.5) is 0 Å². The number of unbranched alkanes of at least 4 members (excludes halogenated alkanes) is 2. The molecule has 3 nitrogen and oxygen atoms in total. The van der Waals surface area contributed by atoms with E-state index >= 15 is 0 Å². The van der Waals surface area contributed by atoms with Crippen LogP contribution in [-0.2, 0) is 12.8 Å². The van der Waals surface area contributed by atoms with Crippen LogP contribution in [0, 0.1) is 6.92 Å². The summed E-state index contributed by atoms with van der Waals surface area (Å²) in [6.45, 7) is 4.25. The van der Waals surface area contributed by atoms with E-state index in [1.54, 1.807) is 12.1 Å². The summed E-state index contributed by atoms with van der Waals surface area (Å²) < 4.78 is 0. The Hall–Kier alpha value is -3.72. The summed E-state index contributed by atoms with van der Waals surface area (Å²) in [6, 6.07) is 27.7. The van der Waals surface area contributed by atoms with Gasteiger partial charge in [-0.05, 0) is 48.1 Å². The van der Waals surface area contributed by atoms with Gasteiger partial charge in [-0.1, -0.05) is 104 Å². The molecule has 0 aliphatic carbocycles. The first-order valence-corrected chi connectivity index (χ1v) is 12.1. The molecule has 0 atom stereocenters. The third-order valence-corrected chi connectivity index (χ3v) is 6.27. The molecule has 0 unspecified atom stereocenters. The van der Waals surface area contributed by atoms with Crippen LogP contribution >= 0.6 is 0 Å². The lowest BCUT2D eigenvalue weighted by atomic mass is 9.93. The van der Waals surface area contributed by atoms with Crippen LogP contribution in [0.2, 0.25) is 0 Å². The summed E-state index contributed by atoms with van der Waals surface area (Å²) >= 11 is 0. The Morgan fingerprint density at radius 1 is 0.824 bits per heavy atom. The highest BCUT2D eigenvalue weighted by Crippen LogP contribution is 2.28. The van der Waals surface area contributed by atoms with E-state index in [0.717, 1.165) is 34.4 Å². The number of carbonyl (C=O) groups excluding carboxylic acids is 1. The lowest BCUT2D eigenvalue weighted by Crippen LogP contribution is -2.19. The molecule has 4 rings (SSSR count). The molecule has 0 fully saturated rings. The molecule has 3 aromatic carbocycles. The standard InChI is InChI=1S/C31H31NO2/c1-3-4-6-9-23-14-18-25(19-15-23)29-20-27(24-16-12-22(2)13-17-24)28(31(34)32-29)21-30(33)26-10-7-5-8-11-26/h5,7-8,10-20H,3-4,6,9,21H2,1-2H3,(H,32,34). The molecule has 4 aromatic rings. The number of H-pyrrole nitrogens is 1. The number of ketones is 1. The summed E-state index contributed by atoms with van der Waals surface area (Å²) in [5.41, 5.74) is 6.81. The Balaban J connectivity index is 1.72. The van der Waals surface area contributed by atoms with Gasteiger partial charge in [0.25, 0.3) is 5.56 Å². The van der Waals surface area contributed by atoms with Crippen molar-refractivity contribution in [3.05, 3.63) is 118 Å². The smallest absolute Gasteiger partial charge is 0.252 e. The third kappa shape index (κ3) is 5.60. The molecule has 0 amide bonds. The number of carbonyl (C=O) groups is 1. The van der Waals surface area contributed by atoms with Crippen molar-refractivity contribution in [3.8, 4) is 22.4 Å². The predicted molar refractivity (Wildman–Crippen MR) is 140 cm³/mol. The number of hydrogen-bond donors (Lipinski definition) is 1. The second-order valence-corrected chi connectivity index (χ2v) is 8.89. The van der Waals surface area contributed by atoms with Gasteiger partial charge in [0.15, 0.2) is 5.78 Å². The maximum Gasteiger partial charge on any atom is 0.252 e. The first-order valence-electron chi connectivity index (χ1n) is 12.1. The molecule has 0 aliphatic rings. The van der Waals surface area contributed by atoms with E-state index in [0.29, 0.717) is 11.1 Å². The fourth-order valence-electron chi connectivity index (χ4n) is 4.23. The van der Waals surface area contributed by atoms with E-state index in [1.165, 1.54) is 24.8 Å². The number of benzene rings is 3. The third-order valence-electron chi connectivity index (χ3n) is 6.27. The van der Waals surface area contributed by atoms with Gasteiger partial charge in [0.05, 0.1) is 0 Å². The number of Topliss-reactive ketones (excluding diaryl/α,β-unsaturated/α-hetero) is 1. The molecule has 0 aliphatic heterocycles. The summed E-state index contributed by atoms with van der Waals surface area (Å²) in [5.74, 6) is -0.0661. The lowest BCUT2D eigenvalue weighted by Gasteiger charge is -2.13. The summed E-state index contributed by atoms with van der Waals surface area (Å²) in [6.07, 6.45) is 4.76. The Kier molecular flexibility index (Phi) is 7.54. The molecule has 0 radical (unpaired) electrons. The molecule has 1 heterocycles. The van der Waals surface area contributed by atoms with Crippen LogP contribution in [0.25, 0.3) is 22.4 Å². The molecular formula is C31H31NO2. The molecule has 172 valence electrons. The van der Waals surface area contributed by atoms with E-state index < -0.39 is 0 Å². The number of aryl methyl sites for hydroxylation is 2. The van der Waals surface area contributed by atoms with Crippen molar-refractivity contribution in [1.82, 2.24) is 4.98 Å². The highest BCUT2D eigenvalue weighted by molar-refractivity contribution is 5.98. The van der Waals surface area contributed by atoms with E-state index in [2.05, 4.69) is 36.2 Å². The molecule has 3 heteroatoms. The van der Waals surface area contributed by atoms with Crippen molar-refractivity contribution in [2.75, 3.05) is 0 Å². The van der Waals surface area contributed by atoms with Crippen molar-refractivity contribution in [2.45, 2.75) is 46.0 Å². The van der Waals surface area contributed by atoms with E-state index in [9.17, 15) is 9.59 Å². The van der Waals surface area contributed by atoms with Crippen LogP contribution in [0.5, 0.6) is 0 Å². The molecule has 34 heavy (non-hydrogen) atoms. The number of nitrogens with one attached hydrogen (secondary N) is 1. The molecular weight excluding hydrogens is 418 g/mol. The summed E-state index contributed by atoms with van der Waals surface area (Å²) in [4.78, 5) is 29.3. The number of rotatable bonds is 9. The minimum absolute atomic E-state index is 0.0548. The van der Waals surface area contributed by atoms with Crippen LogP contribution in [0.15, 0.2) is 89.7 Å². The first-order chi connectivity index (χ1) is 16.5. The van der Waals surface area contributed by atoms with Gasteiger partial charge in [-0.15, -0.1) is 0 Å². The zero-order valence-electron chi connectivity index (χ0n) is 19.9. The van der Waals surface area contributed by atoms with Crippen molar-refractivity contribution < 1.29 is 4.79 Å². The number of hydrogen-bond acceptors (Lipinski definition) is 2. The number of aromatic amines is 1. The highest BCUT2D eigenvalue weighted by Gasteiger charge is 2.17. The number of pyridine rings is 1. The predicted octanol–water partition coefficient (Wildman–Crippen LogP) is 7.18. The average Bonchev–Trinajstić information content (AvgIpc) is 2.87. The Morgan fingerprint density at radius 3 is 2.18 bits per heavy atom. The van der Waals surface area contributed by atoms with Gasteiger partial charge in [0, 0.05) is 23.2 Å². The van der Waals surface area contributed by atoms with Gasteiger partial charge in [0.1, 0.15) is 0 Å². The van der Waals surface area contributed by atoms with Gasteiger partial charge >= 0.3 is 0 Å². The van der Waals surface area contributed by atoms with Gasteiger partial charge < -0.3 is 4.98 Å². The molecule has 0 saturated carbocycles. The molecule has 0 bridgehead atoms. The van der Waals surface area contributed by atoms with Crippen molar-refractivity contribution in [1.29, 1.82) is 0 Å². The first kappa shape index (κ1) is 23.4. The minimum Gasteiger partial charge on any atom is -0.322 e. The van der Waals surface area contributed by atoms with Crippen LogP contribution < -0.4 is 5.56 Å². The summed E-state index contributed by atoms with van der Waals surface area (Å²) in [7, 11) is 0. The fourth-order valence-corrected chi connectivity index (χ4v) is 4.23. The Morgan fingerprint density at radius 2 is 1.50 bits per heavy atom. The largest absolute Gasteiger partial charge is 0.322 e. The van der Waals surface area contributed by atoms with Gasteiger partial charge in [-0.3, -0.25) is 9.59 Å². The van der Waals surface area contributed by atoms with Crippen molar-refractivity contribution >= 4 is 5.78 Å². The van der Waals surface area contributed by atoms with Crippen LogP contribution in [0.3, 0.4) is 0 Å². The molecule has 0 saturated heterocycles. The highest BCUT2D eigenvalue weighted by atomic mass is 16.1. The van der Waals surface area contributed by atoms with Crippen LogP contribution in [-0.4, -0.2) is 10.8 Å². The minimum atomic E-state index is -0.218.